The number of aliphatic imine (C=N–C) groups is 1. The fraction of sp³-hybridized carbons (Fsp3) is 0.700. The Hall–Kier alpha value is -1.09. The van der Waals surface area contributed by atoms with E-state index in [9.17, 15) is 0 Å². The molecule has 0 spiro atoms. The van der Waals surface area contributed by atoms with Crippen molar-refractivity contribution in [3.05, 3.63) is 23.9 Å². The fourth-order valence-electron chi connectivity index (χ4n) is 3.08. The summed E-state index contributed by atoms with van der Waals surface area (Å²) in [4.78, 5) is 11.2. The van der Waals surface area contributed by atoms with Crippen LogP contribution in [0.15, 0.2) is 23.3 Å². The zero-order chi connectivity index (χ0) is 18.6. The van der Waals surface area contributed by atoms with E-state index in [1.165, 1.54) is 25.9 Å². The molecule has 2 heterocycles. The fourth-order valence-corrected chi connectivity index (χ4v) is 3.08. The minimum Gasteiger partial charge on any atom is -0.477 e. The highest BCUT2D eigenvalue weighted by Crippen LogP contribution is 2.16. The Kier molecular flexibility index (Phi) is 12.4. The topological polar surface area (TPSA) is 61.8 Å². The quantitative estimate of drug-likeness (QED) is 0.241. The lowest BCUT2D eigenvalue weighted by Gasteiger charge is -2.30. The van der Waals surface area contributed by atoms with E-state index >= 15 is 0 Å². The van der Waals surface area contributed by atoms with Gasteiger partial charge in [-0.15, -0.1) is 24.0 Å². The molecule has 6 nitrogen and oxygen atoms in total. The first-order valence-electron chi connectivity index (χ1n) is 9.96. The number of ether oxygens (including phenoxy) is 1. The van der Waals surface area contributed by atoms with Gasteiger partial charge in [0.1, 0.15) is 0 Å². The molecule has 0 atom stereocenters. The molecule has 0 amide bonds. The third-order valence-electron chi connectivity index (χ3n) is 4.78. The molecule has 0 saturated carbocycles. The van der Waals surface area contributed by atoms with Crippen LogP contribution in [-0.2, 0) is 6.54 Å². The van der Waals surface area contributed by atoms with E-state index in [1.54, 1.807) is 13.2 Å². The molecule has 2 rings (SSSR count). The summed E-state index contributed by atoms with van der Waals surface area (Å²) >= 11 is 0. The van der Waals surface area contributed by atoms with Crippen LogP contribution in [0.25, 0.3) is 0 Å². The summed E-state index contributed by atoms with van der Waals surface area (Å²) in [7, 11) is 1.80. The minimum atomic E-state index is 0. The maximum absolute atomic E-state index is 5.71. The van der Waals surface area contributed by atoms with Crippen LogP contribution in [0.1, 0.15) is 45.1 Å². The lowest BCUT2D eigenvalue weighted by atomic mass is 9.99. The number of aromatic nitrogens is 1. The molecule has 0 unspecified atom stereocenters. The summed E-state index contributed by atoms with van der Waals surface area (Å²) in [5, 5.41) is 6.75. The molecule has 0 aliphatic carbocycles. The zero-order valence-corrected chi connectivity index (χ0v) is 19.4. The molecule has 0 radical (unpaired) electrons. The van der Waals surface area contributed by atoms with E-state index in [0.717, 1.165) is 43.4 Å². The average Bonchev–Trinajstić information content (AvgIpc) is 2.68. The lowest BCUT2D eigenvalue weighted by molar-refractivity contribution is 0.191. The molecule has 0 bridgehead atoms. The Bertz CT molecular complexity index is 547. The van der Waals surface area contributed by atoms with E-state index in [1.807, 2.05) is 12.1 Å². The molecule has 27 heavy (non-hydrogen) atoms. The number of nitrogens with zero attached hydrogens (tertiary/aromatic N) is 3. The Morgan fingerprint density at radius 1 is 1.33 bits per heavy atom. The van der Waals surface area contributed by atoms with E-state index in [2.05, 4.69) is 39.4 Å². The van der Waals surface area contributed by atoms with Crippen LogP contribution in [0.4, 0.5) is 0 Å². The molecule has 1 aliphatic rings. The zero-order valence-electron chi connectivity index (χ0n) is 17.0. The summed E-state index contributed by atoms with van der Waals surface area (Å²) in [5.74, 6) is 2.42. The molecule has 1 aromatic heterocycles. The van der Waals surface area contributed by atoms with Gasteiger partial charge in [-0.2, -0.15) is 0 Å². The standard InChI is InChI=1S/C20H35N5O.HI/c1-4-15-26-19-18(7-5-10-22-19)16-24-20(21-3)23-11-6-12-25-13-8-17(2)9-14-25;/h5,7,10,17H,4,6,8-9,11-16H2,1-3H3,(H2,21,23,24);1H. The molecule has 2 N–H and O–H groups in total. The van der Waals surface area contributed by atoms with Crippen molar-refractivity contribution < 1.29 is 4.74 Å². The number of nitrogens with one attached hydrogen (secondary N) is 2. The summed E-state index contributed by atoms with van der Waals surface area (Å²) in [6, 6.07) is 3.97. The van der Waals surface area contributed by atoms with Crippen LogP contribution in [0.5, 0.6) is 5.88 Å². The maximum atomic E-state index is 5.71. The molecule has 0 aromatic carbocycles. The molecule has 1 aromatic rings. The predicted molar refractivity (Wildman–Crippen MR) is 123 cm³/mol. The second kappa shape index (κ2) is 14.0. The third kappa shape index (κ3) is 9.10. The number of likely N-dealkylation sites (tertiary alicyclic amines) is 1. The van der Waals surface area contributed by atoms with Crippen molar-refractivity contribution in [3.63, 3.8) is 0 Å². The highest BCUT2D eigenvalue weighted by molar-refractivity contribution is 14.0. The van der Waals surface area contributed by atoms with Gasteiger partial charge in [-0.05, 0) is 57.3 Å². The van der Waals surface area contributed by atoms with Gasteiger partial charge in [-0.25, -0.2) is 4.98 Å². The van der Waals surface area contributed by atoms with Gasteiger partial charge in [0.15, 0.2) is 5.96 Å². The summed E-state index contributed by atoms with van der Waals surface area (Å²) in [5.41, 5.74) is 1.05. The summed E-state index contributed by atoms with van der Waals surface area (Å²) in [6.07, 6.45) is 6.55. The van der Waals surface area contributed by atoms with Gasteiger partial charge in [-0.3, -0.25) is 4.99 Å². The first kappa shape index (κ1) is 23.9. The molecular weight excluding hydrogens is 453 g/mol. The molecular formula is C20H36IN5O. The summed E-state index contributed by atoms with van der Waals surface area (Å²) in [6.45, 7) is 10.4. The van der Waals surface area contributed by atoms with E-state index in [0.29, 0.717) is 19.0 Å². The van der Waals surface area contributed by atoms with Crippen LogP contribution in [0.2, 0.25) is 0 Å². The van der Waals surface area contributed by atoms with Crippen LogP contribution in [-0.4, -0.2) is 55.7 Å². The first-order valence-corrected chi connectivity index (χ1v) is 9.96. The Morgan fingerprint density at radius 2 is 2.11 bits per heavy atom. The van der Waals surface area contributed by atoms with Gasteiger partial charge >= 0.3 is 0 Å². The third-order valence-corrected chi connectivity index (χ3v) is 4.78. The predicted octanol–water partition coefficient (Wildman–Crippen LogP) is 3.28. The first-order chi connectivity index (χ1) is 12.7. The van der Waals surface area contributed by atoms with Gasteiger partial charge < -0.3 is 20.3 Å². The number of hydrogen-bond donors (Lipinski definition) is 2. The van der Waals surface area contributed by atoms with Crippen LogP contribution in [0, 0.1) is 5.92 Å². The van der Waals surface area contributed by atoms with Gasteiger partial charge in [0, 0.05) is 31.9 Å². The molecule has 154 valence electrons. The van der Waals surface area contributed by atoms with Gasteiger partial charge in [0.05, 0.1) is 6.61 Å². The number of rotatable bonds is 9. The van der Waals surface area contributed by atoms with Gasteiger partial charge in [0.25, 0.3) is 0 Å². The van der Waals surface area contributed by atoms with Crippen molar-refractivity contribution in [1.29, 1.82) is 0 Å². The smallest absolute Gasteiger partial charge is 0.218 e. The van der Waals surface area contributed by atoms with Crippen molar-refractivity contribution >= 4 is 29.9 Å². The average molecular weight is 489 g/mol. The molecule has 1 aliphatic heterocycles. The van der Waals surface area contributed by atoms with Crippen molar-refractivity contribution in [3.8, 4) is 5.88 Å². The van der Waals surface area contributed by atoms with Crippen molar-refractivity contribution in [1.82, 2.24) is 20.5 Å². The normalized spacial score (nSPS) is 15.9. The maximum Gasteiger partial charge on any atom is 0.218 e. The molecule has 1 fully saturated rings. The minimum absolute atomic E-state index is 0. The number of pyridine rings is 1. The van der Waals surface area contributed by atoms with Crippen molar-refractivity contribution in [2.45, 2.75) is 46.1 Å². The lowest BCUT2D eigenvalue weighted by Crippen LogP contribution is -2.39. The van der Waals surface area contributed by atoms with Crippen molar-refractivity contribution in [2.24, 2.45) is 10.9 Å². The van der Waals surface area contributed by atoms with Crippen LogP contribution < -0.4 is 15.4 Å². The van der Waals surface area contributed by atoms with E-state index in [-0.39, 0.29) is 24.0 Å². The van der Waals surface area contributed by atoms with E-state index in [4.69, 9.17) is 4.74 Å². The van der Waals surface area contributed by atoms with Crippen LogP contribution in [0.3, 0.4) is 0 Å². The highest BCUT2D eigenvalue weighted by Gasteiger charge is 2.14. The van der Waals surface area contributed by atoms with Gasteiger partial charge in [-0.1, -0.05) is 19.9 Å². The largest absolute Gasteiger partial charge is 0.477 e. The Balaban J connectivity index is 0.00000364. The van der Waals surface area contributed by atoms with Gasteiger partial charge in [0.2, 0.25) is 5.88 Å². The van der Waals surface area contributed by atoms with E-state index < -0.39 is 0 Å². The second-order valence-corrected chi connectivity index (χ2v) is 7.05. The highest BCUT2D eigenvalue weighted by atomic mass is 127. The number of piperidine rings is 1. The van der Waals surface area contributed by atoms with Crippen LogP contribution >= 0.6 is 24.0 Å². The Morgan fingerprint density at radius 3 is 2.81 bits per heavy atom. The molecule has 1 saturated heterocycles. The SMILES string of the molecule is CCCOc1ncccc1CNC(=NC)NCCCN1CCC(C)CC1.I. The summed E-state index contributed by atoms with van der Waals surface area (Å²) < 4.78 is 5.71. The number of guanidine groups is 1. The van der Waals surface area contributed by atoms with Crippen molar-refractivity contribution in [2.75, 3.05) is 39.8 Å². The number of hydrogen-bond acceptors (Lipinski definition) is 4. The second-order valence-electron chi connectivity index (χ2n) is 7.05. The Labute approximate surface area is 181 Å². The monoisotopic (exact) mass is 489 g/mol. The molecule has 7 heteroatoms. The number of halogens is 1.